The number of aliphatic hydroxyl groups is 1. The second-order valence-electron chi connectivity index (χ2n) is 7.60. The second-order valence-corrected chi connectivity index (χ2v) is 8.63. The van der Waals surface area contributed by atoms with Gasteiger partial charge in [-0.15, -0.1) is 0 Å². The van der Waals surface area contributed by atoms with Gasteiger partial charge < -0.3 is 15.2 Å². The normalized spacial score (nSPS) is 19.0. The highest BCUT2D eigenvalue weighted by atomic mass is 32.1. The molecule has 2 aromatic carbocycles. The first-order chi connectivity index (χ1) is 14.7. The van der Waals surface area contributed by atoms with Crippen LogP contribution in [0.1, 0.15) is 25.7 Å². The van der Waals surface area contributed by atoms with Crippen molar-refractivity contribution in [1.29, 1.82) is 0 Å². The van der Waals surface area contributed by atoms with E-state index in [0.717, 1.165) is 63.8 Å². The number of thiazole rings is 1. The Morgan fingerprint density at radius 1 is 0.967 bits per heavy atom. The summed E-state index contributed by atoms with van der Waals surface area (Å²) in [5, 5.41) is 14.5. The standard InChI is InChI=1S/C24H23N3O2S/c28-22-9-5-4-8-19(22)26-24-27-20-11-10-17(15-23(20)30-24)29-18-12-13-25-21(14-18)16-6-2-1-3-7-16/h1-3,6-7,10-15,19,22,28H,4-5,8-9H2,(H,26,27)/t19-,22-/m1/s1. The minimum absolute atomic E-state index is 0.0864. The largest absolute Gasteiger partial charge is 0.457 e. The number of nitrogens with zero attached hydrogens (tertiary/aromatic N) is 2. The van der Waals surface area contributed by atoms with Gasteiger partial charge in [0.2, 0.25) is 0 Å². The lowest BCUT2D eigenvalue weighted by Crippen LogP contribution is -2.36. The number of benzene rings is 2. The lowest BCUT2D eigenvalue weighted by atomic mass is 9.93. The molecule has 0 spiro atoms. The van der Waals surface area contributed by atoms with E-state index >= 15 is 0 Å². The first-order valence-electron chi connectivity index (χ1n) is 10.3. The second kappa shape index (κ2) is 8.42. The summed E-state index contributed by atoms with van der Waals surface area (Å²) in [4.78, 5) is 9.12. The maximum atomic E-state index is 10.2. The van der Waals surface area contributed by atoms with Gasteiger partial charge in [0, 0.05) is 23.9 Å². The Bertz CT molecular complexity index is 1150. The van der Waals surface area contributed by atoms with Crippen LogP contribution in [0.5, 0.6) is 11.5 Å². The van der Waals surface area contributed by atoms with Gasteiger partial charge in [-0.05, 0) is 31.0 Å². The molecule has 2 atom stereocenters. The van der Waals surface area contributed by atoms with E-state index in [1.807, 2.05) is 60.7 Å². The van der Waals surface area contributed by atoms with E-state index in [-0.39, 0.29) is 12.1 Å². The van der Waals surface area contributed by atoms with Crippen LogP contribution in [-0.2, 0) is 0 Å². The summed E-state index contributed by atoms with van der Waals surface area (Å²) in [6.45, 7) is 0. The van der Waals surface area contributed by atoms with Crippen molar-refractivity contribution in [3.8, 4) is 22.8 Å². The van der Waals surface area contributed by atoms with E-state index in [9.17, 15) is 5.11 Å². The van der Waals surface area contributed by atoms with Crippen LogP contribution in [-0.4, -0.2) is 27.2 Å². The van der Waals surface area contributed by atoms with Crippen LogP contribution < -0.4 is 10.1 Å². The number of aromatic nitrogens is 2. The Balaban J connectivity index is 1.34. The zero-order valence-corrected chi connectivity index (χ0v) is 17.3. The fraction of sp³-hybridized carbons (Fsp3) is 0.250. The molecule has 0 amide bonds. The molecule has 4 aromatic rings. The third-order valence-corrected chi connectivity index (χ3v) is 6.38. The summed E-state index contributed by atoms with van der Waals surface area (Å²) < 4.78 is 7.16. The maximum Gasteiger partial charge on any atom is 0.184 e. The van der Waals surface area contributed by atoms with Crippen LogP contribution in [0.4, 0.5) is 5.13 Å². The Kier molecular flexibility index (Phi) is 5.34. The average molecular weight is 418 g/mol. The highest BCUT2D eigenvalue weighted by Gasteiger charge is 2.23. The van der Waals surface area contributed by atoms with Crippen molar-refractivity contribution in [2.24, 2.45) is 0 Å². The van der Waals surface area contributed by atoms with Gasteiger partial charge >= 0.3 is 0 Å². The van der Waals surface area contributed by atoms with E-state index in [4.69, 9.17) is 4.74 Å². The molecule has 2 heterocycles. The Hall–Kier alpha value is -2.96. The van der Waals surface area contributed by atoms with E-state index < -0.39 is 0 Å². The predicted octanol–water partition coefficient (Wildman–Crippen LogP) is 5.87. The summed E-state index contributed by atoms with van der Waals surface area (Å²) in [5.74, 6) is 1.51. The lowest BCUT2D eigenvalue weighted by molar-refractivity contribution is 0.116. The van der Waals surface area contributed by atoms with E-state index in [2.05, 4.69) is 15.3 Å². The molecule has 5 rings (SSSR count). The molecule has 1 saturated carbocycles. The summed E-state index contributed by atoms with van der Waals surface area (Å²) in [6, 6.07) is 19.9. The van der Waals surface area contributed by atoms with E-state index in [1.165, 1.54) is 0 Å². The van der Waals surface area contributed by atoms with Crippen LogP contribution >= 0.6 is 11.3 Å². The Morgan fingerprint density at radius 2 is 1.80 bits per heavy atom. The molecule has 2 N–H and O–H groups in total. The quantitative estimate of drug-likeness (QED) is 0.425. The van der Waals surface area contributed by atoms with Crippen molar-refractivity contribution in [3.63, 3.8) is 0 Å². The number of ether oxygens (including phenoxy) is 1. The summed E-state index contributed by atoms with van der Waals surface area (Å²) in [6.07, 6.45) is 5.56. The number of fused-ring (bicyclic) bond motifs is 1. The molecule has 30 heavy (non-hydrogen) atoms. The van der Waals surface area contributed by atoms with Crippen molar-refractivity contribution in [2.75, 3.05) is 5.32 Å². The molecule has 1 aliphatic rings. The van der Waals surface area contributed by atoms with Crippen molar-refractivity contribution < 1.29 is 9.84 Å². The molecule has 0 radical (unpaired) electrons. The topological polar surface area (TPSA) is 67.3 Å². The molecule has 0 unspecified atom stereocenters. The zero-order valence-electron chi connectivity index (χ0n) is 16.5. The Labute approximate surface area is 179 Å². The number of hydrogen-bond acceptors (Lipinski definition) is 6. The van der Waals surface area contributed by atoms with Gasteiger partial charge in [-0.25, -0.2) is 4.98 Å². The molecule has 6 heteroatoms. The zero-order chi connectivity index (χ0) is 20.3. The highest BCUT2D eigenvalue weighted by molar-refractivity contribution is 7.22. The first-order valence-corrected chi connectivity index (χ1v) is 11.1. The molecule has 152 valence electrons. The predicted molar refractivity (Wildman–Crippen MR) is 121 cm³/mol. The van der Waals surface area contributed by atoms with Gasteiger partial charge in [0.25, 0.3) is 0 Å². The average Bonchev–Trinajstić information content (AvgIpc) is 3.18. The molecule has 2 aromatic heterocycles. The van der Waals surface area contributed by atoms with Gasteiger partial charge in [0.1, 0.15) is 11.5 Å². The SMILES string of the molecule is O[C@@H]1CCCC[C@H]1Nc1nc2ccc(Oc3ccnc(-c4ccccc4)c3)cc2s1. The molecule has 0 aliphatic heterocycles. The van der Waals surface area contributed by atoms with Gasteiger partial charge in [-0.2, -0.15) is 0 Å². The molecule has 0 saturated heterocycles. The van der Waals surface area contributed by atoms with E-state index in [0.29, 0.717) is 0 Å². The number of aliphatic hydroxyl groups excluding tert-OH is 1. The summed E-state index contributed by atoms with van der Waals surface area (Å²) in [7, 11) is 0. The molecule has 1 aliphatic carbocycles. The minimum Gasteiger partial charge on any atom is -0.457 e. The van der Waals surface area contributed by atoms with Gasteiger partial charge in [0.15, 0.2) is 5.13 Å². The summed E-state index contributed by atoms with van der Waals surface area (Å²) in [5.41, 5.74) is 2.87. The monoisotopic (exact) mass is 417 g/mol. The molecule has 5 nitrogen and oxygen atoms in total. The summed E-state index contributed by atoms with van der Waals surface area (Å²) >= 11 is 1.59. The van der Waals surface area contributed by atoms with Crippen LogP contribution in [0.2, 0.25) is 0 Å². The van der Waals surface area contributed by atoms with Crippen LogP contribution in [0.25, 0.3) is 21.5 Å². The number of anilines is 1. The maximum absolute atomic E-state index is 10.2. The number of rotatable bonds is 5. The highest BCUT2D eigenvalue weighted by Crippen LogP contribution is 2.33. The van der Waals surface area contributed by atoms with Crippen LogP contribution in [0, 0.1) is 0 Å². The number of nitrogens with one attached hydrogen (secondary N) is 1. The van der Waals surface area contributed by atoms with Gasteiger partial charge in [-0.1, -0.05) is 54.5 Å². The number of hydrogen-bond donors (Lipinski definition) is 2. The van der Waals surface area contributed by atoms with Gasteiger partial charge in [0.05, 0.1) is 28.1 Å². The van der Waals surface area contributed by atoms with Gasteiger partial charge in [-0.3, -0.25) is 4.98 Å². The first kappa shape index (κ1) is 19.0. The van der Waals surface area contributed by atoms with Crippen molar-refractivity contribution >= 4 is 26.7 Å². The molecule has 1 fully saturated rings. The van der Waals surface area contributed by atoms with Crippen molar-refractivity contribution in [2.45, 2.75) is 37.8 Å². The number of pyridine rings is 1. The van der Waals surface area contributed by atoms with Crippen molar-refractivity contribution in [3.05, 3.63) is 66.9 Å². The molecular formula is C24H23N3O2S. The third-order valence-electron chi connectivity index (χ3n) is 5.43. The van der Waals surface area contributed by atoms with Crippen LogP contribution in [0.3, 0.4) is 0 Å². The van der Waals surface area contributed by atoms with Crippen molar-refractivity contribution in [1.82, 2.24) is 9.97 Å². The smallest absolute Gasteiger partial charge is 0.184 e. The molecule has 0 bridgehead atoms. The fourth-order valence-electron chi connectivity index (χ4n) is 3.85. The molecular weight excluding hydrogens is 394 g/mol. The minimum atomic E-state index is -0.296. The van der Waals surface area contributed by atoms with E-state index in [1.54, 1.807) is 17.5 Å². The van der Waals surface area contributed by atoms with Crippen LogP contribution in [0.15, 0.2) is 66.9 Å². The fourth-order valence-corrected chi connectivity index (χ4v) is 4.80. The Morgan fingerprint density at radius 3 is 2.67 bits per heavy atom. The lowest BCUT2D eigenvalue weighted by Gasteiger charge is -2.27. The third kappa shape index (κ3) is 4.15.